The molecule has 2 heteroatoms. The molecule has 0 saturated heterocycles. The van der Waals surface area contributed by atoms with E-state index in [0.717, 1.165) is 36.5 Å². The molecule has 0 radical (unpaired) electrons. The van der Waals surface area contributed by atoms with E-state index in [1.165, 1.54) is 61.6 Å². The minimum Gasteiger partial charge on any atom is -0.490 e. The molecule has 1 atom stereocenters. The molecule has 0 amide bonds. The van der Waals surface area contributed by atoms with E-state index in [9.17, 15) is 0 Å². The highest BCUT2D eigenvalue weighted by molar-refractivity contribution is 5.40. The van der Waals surface area contributed by atoms with Crippen molar-refractivity contribution < 1.29 is 9.13 Å². The van der Waals surface area contributed by atoms with E-state index in [4.69, 9.17) is 4.74 Å². The number of allylic oxidation sites excluding steroid dienone is 1. The Labute approximate surface area is 194 Å². The molecule has 1 saturated carbocycles. The standard InChI is InChI=1S/C30H39FO/c1-3-5-7-22-8-10-23(11-9-22)26-15-17-29(30(31)21-26)27-13-12-25-20-28(32-18-6-4-2)16-14-24(25)19-27/h4,6,14-17,20-23,27H,3,5,7-13,18-19H2,1-2H3. The van der Waals surface area contributed by atoms with Crippen LogP contribution in [0, 0.1) is 11.7 Å². The minimum absolute atomic E-state index is 0.00960. The topological polar surface area (TPSA) is 9.23 Å². The van der Waals surface area contributed by atoms with Gasteiger partial charge in [-0.05, 0) is 110 Å². The maximum Gasteiger partial charge on any atom is 0.126 e. The highest BCUT2D eigenvalue weighted by Gasteiger charge is 2.26. The van der Waals surface area contributed by atoms with Gasteiger partial charge in [-0.3, -0.25) is 0 Å². The van der Waals surface area contributed by atoms with Crippen LogP contribution in [0.2, 0.25) is 0 Å². The van der Waals surface area contributed by atoms with E-state index in [2.05, 4.69) is 37.3 Å². The Morgan fingerprint density at radius 2 is 1.81 bits per heavy atom. The van der Waals surface area contributed by atoms with Gasteiger partial charge in [-0.25, -0.2) is 4.39 Å². The molecule has 0 spiro atoms. The van der Waals surface area contributed by atoms with Crippen LogP contribution >= 0.6 is 0 Å². The van der Waals surface area contributed by atoms with E-state index in [1.54, 1.807) is 0 Å². The summed E-state index contributed by atoms with van der Waals surface area (Å²) in [5, 5.41) is 0. The summed E-state index contributed by atoms with van der Waals surface area (Å²) in [6, 6.07) is 12.6. The van der Waals surface area contributed by atoms with Crippen molar-refractivity contribution >= 4 is 0 Å². The number of fused-ring (bicyclic) bond motifs is 1. The molecule has 0 bridgehead atoms. The second-order valence-electron chi connectivity index (χ2n) is 9.89. The van der Waals surface area contributed by atoms with Gasteiger partial charge >= 0.3 is 0 Å². The molecule has 0 aromatic heterocycles. The molecule has 0 N–H and O–H groups in total. The molecule has 1 fully saturated rings. The zero-order chi connectivity index (χ0) is 22.3. The quantitative estimate of drug-likeness (QED) is 0.378. The normalized spacial score (nSPS) is 23.3. The number of ether oxygens (including phenoxy) is 1. The Bertz CT molecular complexity index is 907. The fraction of sp³-hybridized carbons (Fsp3) is 0.533. The van der Waals surface area contributed by atoms with Gasteiger partial charge in [0.2, 0.25) is 0 Å². The summed E-state index contributed by atoms with van der Waals surface area (Å²) in [4.78, 5) is 0. The summed E-state index contributed by atoms with van der Waals surface area (Å²) < 4.78 is 21.0. The lowest BCUT2D eigenvalue weighted by atomic mass is 9.76. The molecule has 0 aliphatic heterocycles. The van der Waals surface area contributed by atoms with Gasteiger partial charge in [0.1, 0.15) is 18.2 Å². The van der Waals surface area contributed by atoms with Gasteiger partial charge in [-0.2, -0.15) is 0 Å². The summed E-state index contributed by atoms with van der Waals surface area (Å²) in [6.45, 7) is 4.88. The predicted octanol–water partition coefficient (Wildman–Crippen LogP) is 8.52. The van der Waals surface area contributed by atoms with Gasteiger partial charge in [0.25, 0.3) is 0 Å². The van der Waals surface area contributed by atoms with Crippen molar-refractivity contribution in [3.05, 3.63) is 76.6 Å². The molecule has 32 heavy (non-hydrogen) atoms. The van der Waals surface area contributed by atoms with Crippen LogP contribution in [-0.4, -0.2) is 6.61 Å². The summed E-state index contributed by atoms with van der Waals surface area (Å²) in [7, 11) is 0. The Morgan fingerprint density at radius 3 is 2.56 bits per heavy atom. The number of unbranched alkanes of at least 4 members (excludes halogenated alkanes) is 1. The lowest BCUT2D eigenvalue weighted by molar-refractivity contribution is 0.304. The second kappa shape index (κ2) is 11.2. The lowest BCUT2D eigenvalue weighted by Crippen LogP contribution is -2.16. The number of hydrogen-bond donors (Lipinski definition) is 0. The van der Waals surface area contributed by atoms with Crippen LogP contribution in [0.3, 0.4) is 0 Å². The van der Waals surface area contributed by atoms with E-state index < -0.39 is 0 Å². The Kier molecular flexibility index (Phi) is 8.05. The van der Waals surface area contributed by atoms with Crippen LogP contribution in [0.25, 0.3) is 0 Å². The van der Waals surface area contributed by atoms with Crippen LogP contribution in [-0.2, 0) is 12.8 Å². The van der Waals surface area contributed by atoms with Crippen LogP contribution in [0.4, 0.5) is 4.39 Å². The number of hydrogen-bond acceptors (Lipinski definition) is 1. The first kappa shape index (κ1) is 23.1. The van der Waals surface area contributed by atoms with Crippen molar-refractivity contribution in [2.75, 3.05) is 6.61 Å². The average molecular weight is 435 g/mol. The maximum atomic E-state index is 15.2. The van der Waals surface area contributed by atoms with Crippen molar-refractivity contribution in [2.45, 2.75) is 89.9 Å². The molecule has 1 unspecified atom stereocenters. The monoisotopic (exact) mass is 434 g/mol. The van der Waals surface area contributed by atoms with Gasteiger partial charge in [0.05, 0.1) is 0 Å². The summed E-state index contributed by atoms with van der Waals surface area (Å²) in [5.74, 6) is 2.66. The van der Waals surface area contributed by atoms with Gasteiger partial charge < -0.3 is 4.74 Å². The van der Waals surface area contributed by atoms with E-state index >= 15 is 4.39 Å². The number of benzene rings is 2. The fourth-order valence-electron chi connectivity index (χ4n) is 5.73. The first-order valence-corrected chi connectivity index (χ1v) is 12.8. The highest BCUT2D eigenvalue weighted by Crippen LogP contribution is 2.40. The van der Waals surface area contributed by atoms with Crippen molar-refractivity contribution in [1.82, 2.24) is 0 Å². The van der Waals surface area contributed by atoms with Crippen LogP contribution in [0.15, 0.2) is 48.6 Å². The van der Waals surface area contributed by atoms with Gasteiger partial charge in [0, 0.05) is 0 Å². The lowest BCUT2D eigenvalue weighted by Gasteiger charge is -2.30. The third kappa shape index (κ3) is 5.63. The van der Waals surface area contributed by atoms with Crippen molar-refractivity contribution in [3.8, 4) is 5.75 Å². The van der Waals surface area contributed by atoms with E-state index in [0.29, 0.717) is 12.5 Å². The average Bonchev–Trinajstić information content (AvgIpc) is 2.83. The Balaban J connectivity index is 1.38. The Hall–Kier alpha value is -2.09. The summed E-state index contributed by atoms with van der Waals surface area (Å²) in [6.07, 6.45) is 16.0. The van der Waals surface area contributed by atoms with Gasteiger partial charge in [0.15, 0.2) is 0 Å². The molecule has 172 valence electrons. The van der Waals surface area contributed by atoms with E-state index in [-0.39, 0.29) is 11.7 Å². The number of aryl methyl sites for hydroxylation is 1. The number of rotatable bonds is 8. The smallest absolute Gasteiger partial charge is 0.126 e. The minimum atomic E-state index is 0.00960. The molecule has 2 aromatic carbocycles. The van der Waals surface area contributed by atoms with E-state index in [1.807, 2.05) is 25.1 Å². The fourth-order valence-corrected chi connectivity index (χ4v) is 5.73. The molecule has 4 rings (SSSR count). The first-order valence-electron chi connectivity index (χ1n) is 12.8. The number of halogens is 1. The SMILES string of the molecule is CC=CCOc1ccc2c(c1)CCC(c1ccc(C3CCC(CCCC)CC3)cc1F)C2. The van der Waals surface area contributed by atoms with Crippen LogP contribution in [0.5, 0.6) is 5.75 Å². The first-order chi connectivity index (χ1) is 15.7. The predicted molar refractivity (Wildman–Crippen MR) is 132 cm³/mol. The highest BCUT2D eigenvalue weighted by atomic mass is 19.1. The molecular weight excluding hydrogens is 395 g/mol. The molecule has 2 aromatic rings. The molecule has 1 nitrogen and oxygen atoms in total. The molecule has 2 aliphatic rings. The van der Waals surface area contributed by atoms with Crippen LogP contribution in [0.1, 0.15) is 99.3 Å². The van der Waals surface area contributed by atoms with Gasteiger partial charge in [-0.1, -0.05) is 56.5 Å². The van der Waals surface area contributed by atoms with Crippen molar-refractivity contribution in [3.63, 3.8) is 0 Å². The summed E-state index contributed by atoms with van der Waals surface area (Å²) in [5.41, 5.74) is 4.83. The second-order valence-corrected chi connectivity index (χ2v) is 9.89. The Morgan fingerprint density at radius 1 is 0.969 bits per heavy atom. The third-order valence-corrected chi connectivity index (χ3v) is 7.74. The zero-order valence-corrected chi connectivity index (χ0v) is 19.9. The largest absolute Gasteiger partial charge is 0.490 e. The third-order valence-electron chi connectivity index (χ3n) is 7.74. The van der Waals surface area contributed by atoms with Gasteiger partial charge in [-0.15, -0.1) is 0 Å². The van der Waals surface area contributed by atoms with Crippen molar-refractivity contribution in [2.24, 2.45) is 5.92 Å². The van der Waals surface area contributed by atoms with Crippen LogP contribution < -0.4 is 4.74 Å². The molecular formula is C30H39FO. The molecule has 0 heterocycles. The molecule has 2 aliphatic carbocycles. The van der Waals surface area contributed by atoms with Crippen molar-refractivity contribution in [1.29, 1.82) is 0 Å². The zero-order valence-electron chi connectivity index (χ0n) is 19.9. The maximum absolute atomic E-state index is 15.2. The summed E-state index contributed by atoms with van der Waals surface area (Å²) >= 11 is 0.